The van der Waals surface area contributed by atoms with Crippen molar-refractivity contribution in [1.82, 2.24) is 9.78 Å². The van der Waals surface area contributed by atoms with Crippen molar-refractivity contribution >= 4 is 9.84 Å². The Morgan fingerprint density at radius 2 is 1.95 bits per heavy atom. The van der Waals surface area contributed by atoms with Gasteiger partial charge in [0, 0.05) is 18.5 Å². The van der Waals surface area contributed by atoms with Gasteiger partial charge in [0.2, 0.25) is 0 Å². The largest absolute Gasteiger partial charge is 0.324 e. The molecule has 0 aliphatic heterocycles. The zero-order valence-electron chi connectivity index (χ0n) is 10.9. The second-order valence-electron chi connectivity index (χ2n) is 4.50. The van der Waals surface area contributed by atoms with Crippen LogP contribution in [-0.2, 0) is 9.84 Å². The molecule has 1 unspecified atom stereocenters. The Morgan fingerprint density at radius 3 is 2.42 bits per heavy atom. The maximum absolute atomic E-state index is 11.4. The minimum Gasteiger partial charge on any atom is -0.324 e. The fraction of sp³-hybridized carbons (Fsp3) is 0.308. The number of benzene rings is 1. The molecule has 0 spiro atoms. The molecule has 0 bridgehead atoms. The first kappa shape index (κ1) is 13.8. The molecule has 0 aliphatic carbocycles. The smallest absolute Gasteiger partial charge is 0.178 e. The van der Waals surface area contributed by atoms with Gasteiger partial charge in [-0.2, -0.15) is 5.10 Å². The summed E-state index contributed by atoms with van der Waals surface area (Å²) >= 11 is 0. The topological polar surface area (TPSA) is 78.0 Å². The third-order valence-corrected chi connectivity index (χ3v) is 4.08. The minimum atomic E-state index is -3.22. The lowest BCUT2D eigenvalue weighted by Gasteiger charge is -2.09. The quantitative estimate of drug-likeness (QED) is 0.923. The van der Waals surface area contributed by atoms with E-state index in [0.29, 0.717) is 0 Å². The zero-order chi connectivity index (χ0) is 14.0. The molecular weight excluding hydrogens is 262 g/mol. The molecule has 1 heterocycles. The monoisotopic (exact) mass is 279 g/mol. The summed E-state index contributed by atoms with van der Waals surface area (Å²) in [5.41, 5.74) is 7.81. The van der Waals surface area contributed by atoms with Crippen molar-refractivity contribution in [2.75, 3.05) is 6.26 Å². The Hall–Kier alpha value is -1.66. The highest BCUT2D eigenvalue weighted by molar-refractivity contribution is 7.90. The van der Waals surface area contributed by atoms with Gasteiger partial charge in [-0.25, -0.2) is 13.1 Å². The van der Waals surface area contributed by atoms with E-state index in [-0.39, 0.29) is 10.9 Å². The fourth-order valence-electron chi connectivity index (χ4n) is 1.75. The lowest BCUT2D eigenvalue weighted by Crippen LogP contribution is -2.08. The Morgan fingerprint density at radius 1 is 1.32 bits per heavy atom. The van der Waals surface area contributed by atoms with Gasteiger partial charge in [0.25, 0.3) is 0 Å². The van der Waals surface area contributed by atoms with Crippen molar-refractivity contribution in [3.8, 4) is 5.69 Å². The summed E-state index contributed by atoms with van der Waals surface area (Å²) < 4.78 is 24.3. The van der Waals surface area contributed by atoms with E-state index in [0.717, 1.165) is 23.9 Å². The summed E-state index contributed by atoms with van der Waals surface area (Å²) in [6.45, 7) is 2.03. The lowest BCUT2D eigenvalue weighted by atomic mass is 10.1. The second kappa shape index (κ2) is 5.14. The molecule has 0 saturated heterocycles. The number of aromatic nitrogens is 2. The highest BCUT2D eigenvalue weighted by Crippen LogP contribution is 2.17. The highest BCUT2D eigenvalue weighted by Gasteiger charge is 2.11. The summed E-state index contributed by atoms with van der Waals surface area (Å²) in [6.07, 6.45) is 4.89. The van der Waals surface area contributed by atoms with Crippen LogP contribution in [0, 0.1) is 0 Å². The maximum Gasteiger partial charge on any atom is 0.178 e. The van der Waals surface area contributed by atoms with Gasteiger partial charge in [-0.1, -0.05) is 19.1 Å². The molecule has 19 heavy (non-hydrogen) atoms. The van der Waals surface area contributed by atoms with E-state index in [9.17, 15) is 8.42 Å². The van der Waals surface area contributed by atoms with E-state index in [4.69, 9.17) is 5.73 Å². The average Bonchev–Trinajstić information content (AvgIpc) is 2.87. The molecule has 0 amide bonds. The molecule has 0 fully saturated rings. The summed E-state index contributed by atoms with van der Waals surface area (Å²) in [5, 5.41) is 4.05. The van der Waals surface area contributed by atoms with Crippen LogP contribution in [0.3, 0.4) is 0 Å². The van der Waals surface area contributed by atoms with Gasteiger partial charge in [0.05, 0.1) is 11.9 Å². The minimum absolute atomic E-state index is 0.0262. The molecule has 2 aromatic rings. The van der Waals surface area contributed by atoms with Crippen LogP contribution in [0.5, 0.6) is 0 Å². The van der Waals surface area contributed by atoms with E-state index in [1.165, 1.54) is 17.1 Å². The van der Waals surface area contributed by atoms with Crippen LogP contribution in [0.2, 0.25) is 0 Å². The standard InChI is InChI=1S/C13H17N3O2S/c1-3-13(14)10-4-6-11(7-5-10)16-9-12(8-15-16)19(2,17)18/h4-9,13H,3,14H2,1-2H3. The molecular formula is C13H17N3O2S. The van der Waals surface area contributed by atoms with Crippen molar-refractivity contribution in [2.24, 2.45) is 5.73 Å². The van der Waals surface area contributed by atoms with Crippen molar-refractivity contribution in [3.05, 3.63) is 42.2 Å². The van der Waals surface area contributed by atoms with E-state index in [1.807, 2.05) is 31.2 Å². The summed E-state index contributed by atoms with van der Waals surface area (Å²) in [6, 6.07) is 7.66. The molecule has 102 valence electrons. The second-order valence-corrected chi connectivity index (χ2v) is 6.51. The van der Waals surface area contributed by atoms with Crippen molar-refractivity contribution < 1.29 is 8.42 Å². The Kier molecular flexibility index (Phi) is 3.73. The maximum atomic E-state index is 11.4. The summed E-state index contributed by atoms with van der Waals surface area (Å²) in [5.74, 6) is 0. The number of nitrogens with two attached hydrogens (primary N) is 1. The number of hydrogen-bond donors (Lipinski definition) is 1. The predicted molar refractivity (Wildman–Crippen MR) is 73.9 cm³/mol. The Labute approximate surface area is 113 Å². The van der Waals surface area contributed by atoms with Crippen LogP contribution in [0.25, 0.3) is 5.69 Å². The molecule has 0 aliphatic rings. The zero-order valence-corrected chi connectivity index (χ0v) is 11.8. The highest BCUT2D eigenvalue weighted by atomic mass is 32.2. The van der Waals surface area contributed by atoms with Crippen LogP contribution in [0.15, 0.2) is 41.6 Å². The van der Waals surface area contributed by atoms with Crippen molar-refractivity contribution in [2.45, 2.75) is 24.3 Å². The van der Waals surface area contributed by atoms with E-state index >= 15 is 0 Å². The van der Waals surface area contributed by atoms with Gasteiger partial charge in [-0.3, -0.25) is 0 Å². The van der Waals surface area contributed by atoms with Crippen LogP contribution < -0.4 is 5.73 Å². The van der Waals surface area contributed by atoms with Gasteiger partial charge >= 0.3 is 0 Å². The van der Waals surface area contributed by atoms with E-state index in [2.05, 4.69) is 5.10 Å². The number of sulfone groups is 1. The first-order valence-corrected chi connectivity index (χ1v) is 7.91. The first-order chi connectivity index (χ1) is 8.91. The SMILES string of the molecule is CCC(N)c1ccc(-n2cc(S(C)(=O)=O)cn2)cc1. The molecule has 0 radical (unpaired) electrons. The van der Waals surface area contributed by atoms with E-state index in [1.54, 1.807) is 0 Å². The van der Waals surface area contributed by atoms with Crippen LogP contribution in [-0.4, -0.2) is 24.5 Å². The van der Waals surface area contributed by atoms with Gasteiger partial charge < -0.3 is 5.73 Å². The van der Waals surface area contributed by atoms with Crippen LogP contribution >= 0.6 is 0 Å². The van der Waals surface area contributed by atoms with Crippen molar-refractivity contribution in [1.29, 1.82) is 0 Å². The number of rotatable bonds is 4. The average molecular weight is 279 g/mol. The van der Waals surface area contributed by atoms with Gasteiger partial charge in [0.15, 0.2) is 9.84 Å². The third-order valence-electron chi connectivity index (χ3n) is 3.01. The Bertz CT molecular complexity index is 659. The number of hydrogen-bond acceptors (Lipinski definition) is 4. The summed E-state index contributed by atoms with van der Waals surface area (Å²) in [7, 11) is -3.22. The third kappa shape index (κ3) is 3.02. The molecule has 2 rings (SSSR count). The van der Waals surface area contributed by atoms with Gasteiger partial charge in [-0.05, 0) is 24.1 Å². The van der Waals surface area contributed by atoms with Crippen LogP contribution in [0.1, 0.15) is 24.9 Å². The molecule has 6 heteroatoms. The Balaban J connectivity index is 2.30. The fourth-order valence-corrected chi connectivity index (χ4v) is 2.28. The molecule has 5 nitrogen and oxygen atoms in total. The molecule has 1 aromatic heterocycles. The molecule has 1 atom stereocenters. The first-order valence-electron chi connectivity index (χ1n) is 6.02. The predicted octanol–water partition coefficient (Wildman–Crippen LogP) is 1.69. The normalized spacial score (nSPS) is 13.4. The lowest BCUT2D eigenvalue weighted by molar-refractivity contribution is 0.602. The summed E-state index contributed by atoms with van der Waals surface area (Å²) in [4.78, 5) is 0.210. The van der Waals surface area contributed by atoms with Gasteiger partial charge in [0.1, 0.15) is 4.90 Å². The van der Waals surface area contributed by atoms with E-state index < -0.39 is 9.84 Å². The number of nitrogens with zero attached hydrogens (tertiary/aromatic N) is 2. The molecule has 2 N–H and O–H groups in total. The molecule has 1 aromatic carbocycles. The van der Waals surface area contributed by atoms with Crippen molar-refractivity contribution in [3.63, 3.8) is 0 Å². The van der Waals surface area contributed by atoms with Gasteiger partial charge in [-0.15, -0.1) is 0 Å². The molecule has 0 saturated carbocycles. The van der Waals surface area contributed by atoms with Crippen LogP contribution in [0.4, 0.5) is 0 Å².